The van der Waals surface area contributed by atoms with Gasteiger partial charge in [-0.3, -0.25) is 9.67 Å². The third kappa shape index (κ3) is 3.11. The fourth-order valence-corrected chi connectivity index (χ4v) is 2.24. The van der Waals surface area contributed by atoms with E-state index in [1.165, 1.54) is 0 Å². The minimum atomic E-state index is 0.389. The number of nitrogens with one attached hydrogen (secondary N) is 1. The first-order chi connectivity index (χ1) is 9.52. The van der Waals surface area contributed by atoms with E-state index in [-0.39, 0.29) is 0 Å². The van der Waals surface area contributed by atoms with Crippen LogP contribution in [0, 0.1) is 13.8 Å². The van der Waals surface area contributed by atoms with Gasteiger partial charge >= 0.3 is 0 Å². The van der Waals surface area contributed by atoms with Gasteiger partial charge in [0.05, 0.1) is 11.4 Å². The zero-order valence-corrected chi connectivity index (χ0v) is 13.0. The van der Waals surface area contributed by atoms with Crippen LogP contribution in [0.4, 0.5) is 0 Å². The molecule has 5 nitrogen and oxygen atoms in total. The maximum absolute atomic E-state index is 6.20. The van der Waals surface area contributed by atoms with E-state index >= 15 is 0 Å². The summed E-state index contributed by atoms with van der Waals surface area (Å²) in [7, 11) is 3.70. The molecule has 0 atom stereocenters. The molecule has 6 heteroatoms. The van der Waals surface area contributed by atoms with Gasteiger partial charge in [-0.15, -0.1) is 0 Å². The number of nitrogens with zero attached hydrogens (tertiary/aromatic N) is 3. The Labute approximate surface area is 123 Å². The van der Waals surface area contributed by atoms with Crippen molar-refractivity contribution >= 4 is 11.6 Å². The normalized spacial score (nSPS) is 10.8. The van der Waals surface area contributed by atoms with Crippen molar-refractivity contribution in [1.29, 1.82) is 0 Å². The lowest BCUT2D eigenvalue weighted by molar-refractivity contribution is 0.299. The summed E-state index contributed by atoms with van der Waals surface area (Å²) in [4.78, 5) is 4.48. The molecule has 108 valence electrons. The van der Waals surface area contributed by atoms with Gasteiger partial charge in [-0.25, -0.2) is 0 Å². The van der Waals surface area contributed by atoms with Crippen LogP contribution in [0.1, 0.15) is 22.6 Å². The van der Waals surface area contributed by atoms with Crippen molar-refractivity contribution in [3.8, 4) is 5.75 Å². The molecule has 0 spiro atoms. The zero-order chi connectivity index (χ0) is 14.7. The van der Waals surface area contributed by atoms with Gasteiger partial charge in [-0.1, -0.05) is 11.6 Å². The summed E-state index contributed by atoms with van der Waals surface area (Å²) < 4.78 is 7.52. The Morgan fingerprint density at radius 3 is 2.70 bits per heavy atom. The Balaban J connectivity index is 2.18. The van der Waals surface area contributed by atoms with Gasteiger partial charge in [0, 0.05) is 24.8 Å². The summed E-state index contributed by atoms with van der Waals surface area (Å²) in [6.45, 7) is 4.94. The number of aromatic nitrogens is 3. The van der Waals surface area contributed by atoms with Gasteiger partial charge in [0.15, 0.2) is 0 Å². The molecule has 0 radical (unpaired) electrons. The summed E-state index contributed by atoms with van der Waals surface area (Å²) in [5.74, 6) is 0.768. The number of hydrogen-bond donors (Lipinski definition) is 1. The Morgan fingerprint density at radius 1 is 1.35 bits per heavy atom. The standard InChI is InChI=1S/C14H19ClN4O/c1-9-5-6-13(12(17-9)7-16-3)20-8-11-10(2)18-19(4)14(11)15/h5-6,16H,7-8H2,1-4H3. The lowest BCUT2D eigenvalue weighted by Gasteiger charge is -2.11. The Morgan fingerprint density at radius 2 is 2.10 bits per heavy atom. The van der Waals surface area contributed by atoms with Gasteiger partial charge in [0.25, 0.3) is 0 Å². The van der Waals surface area contributed by atoms with Crippen molar-refractivity contribution in [2.45, 2.75) is 27.0 Å². The van der Waals surface area contributed by atoms with Crippen LogP contribution in [-0.2, 0) is 20.2 Å². The highest BCUT2D eigenvalue weighted by molar-refractivity contribution is 6.30. The second kappa shape index (κ2) is 6.24. The highest BCUT2D eigenvalue weighted by Gasteiger charge is 2.13. The van der Waals surface area contributed by atoms with Crippen LogP contribution in [0.25, 0.3) is 0 Å². The minimum Gasteiger partial charge on any atom is -0.487 e. The predicted octanol–water partition coefficient (Wildman–Crippen LogP) is 2.38. The first-order valence-electron chi connectivity index (χ1n) is 6.44. The first kappa shape index (κ1) is 14.8. The molecule has 1 N–H and O–H groups in total. The van der Waals surface area contributed by atoms with Crippen LogP contribution in [0.2, 0.25) is 5.15 Å². The monoisotopic (exact) mass is 294 g/mol. The molecule has 20 heavy (non-hydrogen) atoms. The van der Waals surface area contributed by atoms with Crippen molar-refractivity contribution < 1.29 is 4.74 Å². The quantitative estimate of drug-likeness (QED) is 0.920. The number of hydrogen-bond acceptors (Lipinski definition) is 4. The van der Waals surface area contributed by atoms with Gasteiger partial charge < -0.3 is 10.1 Å². The number of halogens is 1. The van der Waals surface area contributed by atoms with Crippen molar-refractivity contribution in [3.63, 3.8) is 0 Å². The van der Waals surface area contributed by atoms with Crippen molar-refractivity contribution in [2.75, 3.05) is 7.05 Å². The topological polar surface area (TPSA) is 52.0 Å². The van der Waals surface area contributed by atoms with Crippen molar-refractivity contribution in [3.05, 3.63) is 39.9 Å². The molecule has 0 aliphatic heterocycles. The minimum absolute atomic E-state index is 0.389. The van der Waals surface area contributed by atoms with Crippen LogP contribution in [0.15, 0.2) is 12.1 Å². The molecule has 2 rings (SSSR count). The number of rotatable bonds is 5. The average Bonchev–Trinajstić information content (AvgIpc) is 2.64. The lowest BCUT2D eigenvalue weighted by atomic mass is 10.2. The molecule has 0 saturated carbocycles. The van der Waals surface area contributed by atoms with E-state index in [1.54, 1.807) is 4.68 Å². The Kier molecular flexibility index (Phi) is 4.62. The zero-order valence-electron chi connectivity index (χ0n) is 12.2. The second-order valence-electron chi connectivity index (χ2n) is 4.69. The summed E-state index contributed by atoms with van der Waals surface area (Å²) in [6, 6.07) is 3.88. The van der Waals surface area contributed by atoms with E-state index in [0.29, 0.717) is 18.3 Å². The molecule has 2 aromatic rings. The summed E-state index contributed by atoms with van der Waals surface area (Å²) in [5, 5.41) is 7.97. The molecular formula is C14H19ClN4O. The van der Waals surface area contributed by atoms with Gasteiger partial charge in [0.2, 0.25) is 0 Å². The van der Waals surface area contributed by atoms with E-state index < -0.39 is 0 Å². The fraction of sp³-hybridized carbons (Fsp3) is 0.429. The summed E-state index contributed by atoms with van der Waals surface area (Å²) >= 11 is 6.20. The summed E-state index contributed by atoms with van der Waals surface area (Å²) in [5.41, 5.74) is 3.65. The molecule has 0 bridgehead atoms. The molecule has 2 heterocycles. The smallest absolute Gasteiger partial charge is 0.142 e. The van der Waals surface area contributed by atoms with Gasteiger partial charge in [-0.2, -0.15) is 5.10 Å². The third-order valence-electron chi connectivity index (χ3n) is 3.06. The molecule has 0 saturated heterocycles. The molecule has 0 amide bonds. The molecule has 0 aromatic carbocycles. The first-order valence-corrected chi connectivity index (χ1v) is 6.82. The third-order valence-corrected chi connectivity index (χ3v) is 3.53. The number of ether oxygens (including phenoxy) is 1. The molecule has 0 unspecified atom stereocenters. The highest BCUT2D eigenvalue weighted by atomic mass is 35.5. The van der Waals surface area contributed by atoms with Crippen LogP contribution >= 0.6 is 11.6 Å². The Bertz CT molecular complexity index is 609. The van der Waals surface area contributed by atoms with E-state index in [1.807, 2.05) is 40.1 Å². The molecule has 0 aliphatic rings. The van der Waals surface area contributed by atoms with E-state index in [9.17, 15) is 0 Å². The summed E-state index contributed by atoms with van der Waals surface area (Å²) in [6.07, 6.45) is 0. The highest BCUT2D eigenvalue weighted by Crippen LogP contribution is 2.23. The molecule has 2 aromatic heterocycles. The van der Waals surface area contributed by atoms with E-state index in [0.717, 1.165) is 28.4 Å². The van der Waals surface area contributed by atoms with Crippen molar-refractivity contribution in [2.24, 2.45) is 7.05 Å². The van der Waals surface area contributed by atoms with Crippen LogP contribution < -0.4 is 10.1 Å². The Hall–Kier alpha value is -1.59. The fourth-order valence-electron chi connectivity index (χ4n) is 2.01. The largest absolute Gasteiger partial charge is 0.487 e. The van der Waals surface area contributed by atoms with Crippen LogP contribution in [0.3, 0.4) is 0 Å². The molecule has 0 fully saturated rings. The predicted molar refractivity (Wildman–Crippen MR) is 79.0 cm³/mol. The van der Waals surface area contributed by atoms with Crippen LogP contribution in [-0.4, -0.2) is 21.8 Å². The lowest BCUT2D eigenvalue weighted by Crippen LogP contribution is -2.10. The van der Waals surface area contributed by atoms with Crippen LogP contribution in [0.5, 0.6) is 5.75 Å². The van der Waals surface area contributed by atoms with Gasteiger partial charge in [-0.05, 0) is 33.0 Å². The number of pyridine rings is 1. The molecular weight excluding hydrogens is 276 g/mol. The van der Waals surface area contributed by atoms with Gasteiger partial charge in [0.1, 0.15) is 17.5 Å². The SMILES string of the molecule is CNCc1nc(C)ccc1OCc1c(C)nn(C)c1Cl. The second-order valence-corrected chi connectivity index (χ2v) is 5.05. The maximum atomic E-state index is 6.20. The van der Waals surface area contributed by atoms with E-state index in [4.69, 9.17) is 16.3 Å². The maximum Gasteiger partial charge on any atom is 0.142 e. The average molecular weight is 295 g/mol. The van der Waals surface area contributed by atoms with E-state index in [2.05, 4.69) is 15.4 Å². The van der Waals surface area contributed by atoms with Crippen molar-refractivity contribution in [1.82, 2.24) is 20.1 Å². The number of aryl methyl sites for hydroxylation is 3. The molecule has 0 aliphatic carbocycles.